The lowest BCUT2D eigenvalue weighted by Crippen LogP contribution is -2.08. The fourth-order valence-electron chi connectivity index (χ4n) is 1.82. The van der Waals surface area contributed by atoms with E-state index in [2.05, 4.69) is 20.8 Å². The average molecular weight is 142 g/mol. The van der Waals surface area contributed by atoms with E-state index in [1.807, 2.05) is 0 Å². The largest absolute Gasteiger partial charge is 0.393 e. The molecule has 0 radical (unpaired) electrons. The van der Waals surface area contributed by atoms with Crippen molar-refractivity contribution in [2.24, 2.45) is 17.8 Å². The molecule has 0 aromatic carbocycles. The minimum atomic E-state index is -0.0209. The molecule has 1 N–H and O–H groups in total. The molecule has 0 unspecified atom stereocenters. The molecule has 0 heterocycles. The van der Waals surface area contributed by atoms with Crippen LogP contribution in [0.15, 0.2) is 0 Å². The standard InChI is InChI=1S/C9H18O/c1-6(2)8-4-7(3)9(10)5-8/h6-10H,4-5H2,1-3H3/t7-,8-,9-/m0/s1. The lowest BCUT2D eigenvalue weighted by Gasteiger charge is -2.12. The SMILES string of the molecule is CC(C)[C@H]1C[C@H](C)[C@@H](O)C1. The Morgan fingerprint density at radius 2 is 1.90 bits per heavy atom. The third kappa shape index (κ3) is 1.51. The summed E-state index contributed by atoms with van der Waals surface area (Å²) in [5.74, 6) is 2.05. The van der Waals surface area contributed by atoms with E-state index >= 15 is 0 Å². The van der Waals surface area contributed by atoms with E-state index in [1.165, 1.54) is 6.42 Å². The molecular formula is C9H18O. The molecule has 1 nitrogen and oxygen atoms in total. The molecule has 60 valence electrons. The topological polar surface area (TPSA) is 20.2 Å². The van der Waals surface area contributed by atoms with E-state index in [4.69, 9.17) is 0 Å². The van der Waals surface area contributed by atoms with E-state index < -0.39 is 0 Å². The van der Waals surface area contributed by atoms with E-state index in [0.29, 0.717) is 5.92 Å². The lowest BCUT2D eigenvalue weighted by atomic mass is 9.94. The van der Waals surface area contributed by atoms with Crippen LogP contribution in [0.2, 0.25) is 0 Å². The summed E-state index contributed by atoms with van der Waals surface area (Å²) in [6.07, 6.45) is 2.23. The Morgan fingerprint density at radius 1 is 1.30 bits per heavy atom. The Morgan fingerprint density at radius 3 is 2.10 bits per heavy atom. The zero-order valence-electron chi connectivity index (χ0n) is 7.17. The van der Waals surface area contributed by atoms with Crippen molar-refractivity contribution in [2.45, 2.75) is 39.7 Å². The monoisotopic (exact) mass is 142 g/mol. The zero-order valence-corrected chi connectivity index (χ0v) is 7.17. The molecule has 10 heavy (non-hydrogen) atoms. The quantitative estimate of drug-likeness (QED) is 0.594. The second-order valence-corrected chi connectivity index (χ2v) is 4.02. The van der Waals surface area contributed by atoms with Gasteiger partial charge in [0.2, 0.25) is 0 Å². The van der Waals surface area contributed by atoms with Crippen molar-refractivity contribution in [1.82, 2.24) is 0 Å². The van der Waals surface area contributed by atoms with Gasteiger partial charge < -0.3 is 5.11 Å². The Hall–Kier alpha value is -0.0400. The van der Waals surface area contributed by atoms with Gasteiger partial charge in [-0.15, -0.1) is 0 Å². The fraction of sp³-hybridized carbons (Fsp3) is 1.00. The van der Waals surface area contributed by atoms with Gasteiger partial charge >= 0.3 is 0 Å². The Balaban J connectivity index is 2.41. The maximum atomic E-state index is 9.42. The summed E-state index contributed by atoms with van der Waals surface area (Å²) < 4.78 is 0. The maximum absolute atomic E-state index is 9.42. The van der Waals surface area contributed by atoms with Crippen LogP contribution in [0.5, 0.6) is 0 Å². The highest BCUT2D eigenvalue weighted by Crippen LogP contribution is 2.35. The summed E-state index contributed by atoms with van der Waals surface area (Å²) in [6, 6.07) is 0. The van der Waals surface area contributed by atoms with Crippen molar-refractivity contribution in [1.29, 1.82) is 0 Å². The van der Waals surface area contributed by atoms with Gasteiger partial charge in [-0.05, 0) is 30.6 Å². The second kappa shape index (κ2) is 2.91. The van der Waals surface area contributed by atoms with Crippen LogP contribution in [-0.4, -0.2) is 11.2 Å². The predicted molar refractivity (Wildman–Crippen MR) is 42.7 cm³/mol. The molecule has 0 spiro atoms. The van der Waals surface area contributed by atoms with Crippen LogP contribution in [0.25, 0.3) is 0 Å². The summed E-state index contributed by atoms with van der Waals surface area (Å²) in [7, 11) is 0. The average Bonchev–Trinajstić information content (AvgIpc) is 2.13. The number of aliphatic hydroxyl groups is 1. The Bertz CT molecular complexity index is 99.3. The summed E-state index contributed by atoms with van der Waals surface area (Å²) >= 11 is 0. The second-order valence-electron chi connectivity index (χ2n) is 4.02. The predicted octanol–water partition coefficient (Wildman–Crippen LogP) is 2.05. The smallest absolute Gasteiger partial charge is 0.0568 e. The minimum absolute atomic E-state index is 0.0209. The number of aliphatic hydroxyl groups excluding tert-OH is 1. The van der Waals surface area contributed by atoms with Crippen LogP contribution in [0.4, 0.5) is 0 Å². The molecular weight excluding hydrogens is 124 g/mol. The summed E-state index contributed by atoms with van der Waals surface area (Å²) in [6.45, 7) is 6.64. The summed E-state index contributed by atoms with van der Waals surface area (Å²) in [5.41, 5.74) is 0. The van der Waals surface area contributed by atoms with Crippen LogP contribution >= 0.6 is 0 Å². The van der Waals surface area contributed by atoms with Gasteiger partial charge in [0.1, 0.15) is 0 Å². The van der Waals surface area contributed by atoms with Gasteiger partial charge in [-0.2, -0.15) is 0 Å². The highest BCUT2D eigenvalue weighted by molar-refractivity contribution is 4.81. The lowest BCUT2D eigenvalue weighted by molar-refractivity contribution is 0.137. The molecule has 0 saturated heterocycles. The summed E-state index contributed by atoms with van der Waals surface area (Å²) in [5, 5.41) is 9.42. The molecule has 0 amide bonds. The molecule has 0 bridgehead atoms. The number of rotatable bonds is 1. The van der Waals surface area contributed by atoms with Crippen molar-refractivity contribution in [3.63, 3.8) is 0 Å². The number of hydrogen-bond donors (Lipinski definition) is 1. The first-order valence-corrected chi connectivity index (χ1v) is 4.29. The molecule has 1 heteroatoms. The Kier molecular flexibility index (Phi) is 2.35. The molecule has 0 aromatic heterocycles. The fourth-order valence-corrected chi connectivity index (χ4v) is 1.82. The van der Waals surface area contributed by atoms with E-state index in [9.17, 15) is 5.11 Å². The van der Waals surface area contributed by atoms with Gasteiger partial charge in [0.15, 0.2) is 0 Å². The molecule has 1 rings (SSSR count). The van der Waals surface area contributed by atoms with Crippen LogP contribution in [0.3, 0.4) is 0 Å². The van der Waals surface area contributed by atoms with Gasteiger partial charge in [0.25, 0.3) is 0 Å². The van der Waals surface area contributed by atoms with Gasteiger partial charge in [-0.1, -0.05) is 20.8 Å². The van der Waals surface area contributed by atoms with E-state index in [0.717, 1.165) is 18.3 Å². The van der Waals surface area contributed by atoms with Gasteiger partial charge in [-0.3, -0.25) is 0 Å². The molecule has 3 atom stereocenters. The highest BCUT2D eigenvalue weighted by atomic mass is 16.3. The van der Waals surface area contributed by atoms with Crippen molar-refractivity contribution in [3.8, 4) is 0 Å². The highest BCUT2D eigenvalue weighted by Gasteiger charge is 2.30. The van der Waals surface area contributed by atoms with Crippen molar-refractivity contribution in [3.05, 3.63) is 0 Å². The third-order valence-corrected chi connectivity index (χ3v) is 2.82. The number of hydrogen-bond acceptors (Lipinski definition) is 1. The Labute approximate surface area is 63.4 Å². The van der Waals surface area contributed by atoms with Crippen molar-refractivity contribution < 1.29 is 5.11 Å². The third-order valence-electron chi connectivity index (χ3n) is 2.82. The van der Waals surface area contributed by atoms with Crippen LogP contribution in [-0.2, 0) is 0 Å². The van der Waals surface area contributed by atoms with Gasteiger partial charge in [-0.25, -0.2) is 0 Å². The van der Waals surface area contributed by atoms with Crippen LogP contribution < -0.4 is 0 Å². The van der Waals surface area contributed by atoms with Crippen molar-refractivity contribution >= 4 is 0 Å². The molecule has 1 aliphatic carbocycles. The van der Waals surface area contributed by atoms with E-state index in [-0.39, 0.29) is 6.10 Å². The van der Waals surface area contributed by atoms with Crippen LogP contribution in [0, 0.1) is 17.8 Å². The molecule has 0 aliphatic heterocycles. The van der Waals surface area contributed by atoms with Gasteiger partial charge in [0.05, 0.1) is 6.10 Å². The summed E-state index contributed by atoms with van der Waals surface area (Å²) in [4.78, 5) is 0. The van der Waals surface area contributed by atoms with Gasteiger partial charge in [0, 0.05) is 0 Å². The molecule has 1 fully saturated rings. The van der Waals surface area contributed by atoms with Crippen molar-refractivity contribution in [2.75, 3.05) is 0 Å². The minimum Gasteiger partial charge on any atom is -0.393 e. The first-order valence-electron chi connectivity index (χ1n) is 4.29. The first-order chi connectivity index (χ1) is 4.61. The normalized spacial score (nSPS) is 41.1. The first kappa shape index (κ1) is 8.06. The molecule has 0 aromatic rings. The molecule has 1 saturated carbocycles. The van der Waals surface area contributed by atoms with E-state index in [1.54, 1.807) is 0 Å². The molecule has 1 aliphatic rings. The zero-order chi connectivity index (χ0) is 7.72. The van der Waals surface area contributed by atoms with Crippen LogP contribution in [0.1, 0.15) is 33.6 Å². The maximum Gasteiger partial charge on any atom is 0.0568 e.